The predicted molar refractivity (Wildman–Crippen MR) is 254 cm³/mol. The summed E-state index contributed by atoms with van der Waals surface area (Å²) in [7, 11) is 4.18. The van der Waals surface area contributed by atoms with E-state index < -0.39 is 109 Å². The molecule has 0 aromatic heterocycles. The van der Waals surface area contributed by atoms with Crippen LogP contribution >= 0.6 is 0 Å². The van der Waals surface area contributed by atoms with Crippen LogP contribution in [-0.4, -0.2) is 116 Å². The van der Waals surface area contributed by atoms with E-state index >= 15 is 4.39 Å². The lowest BCUT2D eigenvalue weighted by molar-refractivity contribution is -0.159. The largest absolute Gasteiger partial charge is 0.492 e. The Morgan fingerprint density at radius 1 is 0.549 bits per heavy atom. The lowest BCUT2D eigenvalue weighted by Crippen LogP contribution is -2.44. The fourth-order valence-corrected chi connectivity index (χ4v) is 6.23. The molecule has 0 amide bonds. The first-order valence-electron chi connectivity index (χ1n) is 22.7. The van der Waals surface area contributed by atoms with E-state index in [2.05, 4.69) is 29.6 Å². The second-order valence-corrected chi connectivity index (χ2v) is 16.3. The van der Waals surface area contributed by atoms with Crippen molar-refractivity contribution in [3.63, 3.8) is 0 Å². The summed E-state index contributed by atoms with van der Waals surface area (Å²) in [6.45, 7) is 9.78. The molecule has 2 rings (SSSR count). The van der Waals surface area contributed by atoms with Gasteiger partial charge in [-0.25, -0.2) is 33.2 Å². The summed E-state index contributed by atoms with van der Waals surface area (Å²) < 4.78 is 68.1. The minimum Gasteiger partial charge on any atom is -0.492 e. The number of benzene rings is 2. The lowest BCUT2D eigenvalue weighted by atomic mass is 9.91. The van der Waals surface area contributed by atoms with Crippen molar-refractivity contribution in [1.29, 1.82) is 0 Å². The third-order valence-electron chi connectivity index (χ3n) is 10.3. The maximum Gasteiger partial charge on any atom is 0.334 e. The Morgan fingerprint density at radius 2 is 1.04 bits per heavy atom. The van der Waals surface area contributed by atoms with Gasteiger partial charge in [0.15, 0.2) is 11.6 Å². The Bertz CT molecular complexity index is 2210. The van der Waals surface area contributed by atoms with Crippen LogP contribution in [-0.2, 0) is 82.7 Å². The molecule has 0 unspecified atom stereocenters. The summed E-state index contributed by atoms with van der Waals surface area (Å²) in [5, 5.41) is 0. The van der Waals surface area contributed by atoms with E-state index in [1.165, 1.54) is 26.3 Å². The molecule has 0 aliphatic carbocycles. The second kappa shape index (κ2) is 31.7. The van der Waals surface area contributed by atoms with Crippen molar-refractivity contribution < 1.29 is 90.1 Å². The molecule has 388 valence electrons. The highest BCUT2D eigenvalue weighted by atomic mass is 19.1. The van der Waals surface area contributed by atoms with Crippen LogP contribution in [0, 0.1) is 11.2 Å². The van der Waals surface area contributed by atoms with E-state index in [-0.39, 0.29) is 42.1 Å². The Labute approximate surface area is 413 Å². The minimum atomic E-state index is -1.82. The fraction of sp³-hybridized carbons (Fsp3) is 0.462. The molecule has 0 atom stereocenters. The van der Waals surface area contributed by atoms with Crippen molar-refractivity contribution in [3.8, 4) is 22.6 Å². The first-order valence-corrected chi connectivity index (χ1v) is 22.7. The molecule has 0 saturated carbocycles. The van der Waals surface area contributed by atoms with Crippen LogP contribution in [0.25, 0.3) is 11.1 Å². The van der Waals surface area contributed by atoms with Crippen molar-refractivity contribution in [3.05, 3.63) is 95.4 Å². The number of rotatable bonds is 32. The molecule has 0 heterocycles. The Hall–Kier alpha value is -7.31. The van der Waals surface area contributed by atoms with Gasteiger partial charge >= 0.3 is 47.8 Å². The van der Waals surface area contributed by atoms with Gasteiger partial charge in [-0.15, -0.1) is 0 Å². The van der Waals surface area contributed by atoms with Gasteiger partial charge in [0.25, 0.3) is 0 Å². The molecule has 0 saturated heterocycles. The van der Waals surface area contributed by atoms with Crippen molar-refractivity contribution in [2.45, 2.75) is 85.0 Å². The standard InChI is InChI=1S/C52H65FO18/c1-10-11-12-13-14-15-22-66-43-21-19-37(25-41(43)53)36-18-20-42(38(24-36)17-16-23-67-48(58)34(2)3)68-30-52(33-71-49(59)35(4)5,31-69-46(56)28-39(50(60)64-8)26-44(54)62-6)32-70-47(57)29-40(51(61)65-9)27-45(55)63-7/h18-21,24-25,28-29H,2,4,10-17,22-23,26-27,30-33H2,1,3,5-9H3/b39-28+,40-29+. The molecule has 19 heteroatoms. The van der Waals surface area contributed by atoms with Gasteiger partial charge in [0, 0.05) is 23.3 Å². The van der Waals surface area contributed by atoms with Gasteiger partial charge < -0.3 is 47.4 Å². The molecule has 0 spiro atoms. The summed E-state index contributed by atoms with van der Waals surface area (Å²) in [5.41, 5.74) is -0.954. The van der Waals surface area contributed by atoms with Crippen molar-refractivity contribution in [1.82, 2.24) is 0 Å². The van der Waals surface area contributed by atoms with Crippen LogP contribution in [0.15, 0.2) is 84.0 Å². The van der Waals surface area contributed by atoms with Gasteiger partial charge in [-0.1, -0.05) is 64.3 Å². The van der Waals surface area contributed by atoms with E-state index in [4.69, 9.17) is 37.9 Å². The number of hydrogen-bond acceptors (Lipinski definition) is 18. The first-order chi connectivity index (χ1) is 33.8. The first kappa shape index (κ1) is 59.8. The van der Waals surface area contributed by atoms with Gasteiger partial charge in [0.1, 0.15) is 37.6 Å². The number of hydrogen-bond donors (Lipinski definition) is 0. The van der Waals surface area contributed by atoms with E-state index in [1.807, 2.05) is 0 Å². The lowest BCUT2D eigenvalue weighted by Gasteiger charge is -2.32. The molecule has 2 aromatic rings. The number of carbonyl (C=O) groups excluding carboxylic acids is 8. The topological polar surface area (TPSA) is 229 Å². The maximum absolute atomic E-state index is 15.5. The van der Waals surface area contributed by atoms with E-state index in [9.17, 15) is 38.4 Å². The van der Waals surface area contributed by atoms with E-state index in [0.29, 0.717) is 35.4 Å². The average Bonchev–Trinajstić information content (AvgIpc) is 3.35. The van der Waals surface area contributed by atoms with Crippen LogP contribution in [0.5, 0.6) is 11.5 Å². The molecule has 18 nitrogen and oxygen atoms in total. The Morgan fingerprint density at radius 3 is 1.55 bits per heavy atom. The number of unbranched alkanes of at least 4 members (excludes halogenated alkanes) is 5. The highest BCUT2D eigenvalue weighted by Crippen LogP contribution is 2.32. The number of esters is 8. The van der Waals surface area contributed by atoms with Crippen molar-refractivity contribution in [2.24, 2.45) is 5.41 Å². The molecule has 71 heavy (non-hydrogen) atoms. The van der Waals surface area contributed by atoms with Crippen LogP contribution in [0.2, 0.25) is 0 Å². The van der Waals surface area contributed by atoms with Crippen molar-refractivity contribution in [2.75, 3.05) is 68.1 Å². The van der Waals surface area contributed by atoms with Gasteiger partial charge in [0.2, 0.25) is 0 Å². The van der Waals surface area contributed by atoms with E-state index in [1.54, 1.807) is 30.3 Å². The molecule has 0 aliphatic rings. The predicted octanol–water partition coefficient (Wildman–Crippen LogP) is 7.18. The molecule has 0 bridgehead atoms. The summed E-state index contributed by atoms with van der Waals surface area (Å²) >= 11 is 0. The molecule has 0 aliphatic heterocycles. The smallest absolute Gasteiger partial charge is 0.334 e. The Balaban J connectivity index is 2.69. The second-order valence-electron chi connectivity index (χ2n) is 16.3. The normalized spacial score (nSPS) is 11.3. The maximum atomic E-state index is 15.5. The van der Waals surface area contributed by atoms with Gasteiger partial charge in [-0.3, -0.25) is 9.59 Å². The quantitative estimate of drug-likeness (QED) is 0.0306. The number of halogens is 1. The van der Waals surface area contributed by atoms with Crippen molar-refractivity contribution >= 4 is 47.8 Å². The fourth-order valence-electron chi connectivity index (χ4n) is 6.23. The van der Waals surface area contributed by atoms with Crippen LogP contribution in [0.3, 0.4) is 0 Å². The number of methoxy groups -OCH3 is 4. The van der Waals surface area contributed by atoms with E-state index in [0.717, 1.165) is 60.5 Å². The summed E-state index contributed by atoms with van der Waals surface area (Å²) in [5.74, 6) is -8.01. The molecular formula is C52H65FO18. The number of aryl methyl sites for hydroxylation is 1. The minimum absolute atomic E-state index is 0.0184. The zero-order chi connectivity index (χ0) is 52.9. The van der Waals surface area contributed by atoms with Crippen LogP contribution in [0.1, 0.15) is 84.1 Å². The molecule has 0 radical (unpaired) electrons. The summed E-state index contributed by atoms with van der Waals surface area (Å²) in [4.78, 5) is 101. The molecule has 0 fully saturated rings. The number of carbonyl (C=O) groups is 8. The zero-order valence-corrected chi connectivity index (χ0v) is 41.6. The summed E-state index contributed by atoms with van der Waals surface area (Å²) in [6.07, 6.45) is 6.81. The van der Waals surface area contributed by atoms with Gasteiger partial charge in [-0.2, -0.15) is 0 Å². The third kappa shape index (κ3) is 21.9. The molecule has 0 N–H and O–H groups in total. The van der Waals surface area contributed by atoms with Gasteiger partial charge in [0.05, 0.1) is 65.6 Å². The Kier molecular flexibility index (Phi) is 26.7. The molecule has 2 aromatic carbocycles. The zero-order valence-electron chi connectivity index (χ0n) is 41.6. The van der Waals surface area contributed by atoms with Crippen LogP contribution in [0.4, 0.5) is 4.39 Å². The highest BCUT2D eigenvalue weighted by Gasteiger charge is 2.38. The summed E-state index contributed by atoms with van der Waals surface area (Å²) in [6, 6.07) is 9.54. The van der Waals surface area contributed by atoms with Crippen LogP contribution < -0.4 is 9.47 Å². The highest BCUT2D eigenvalue weighted by molar-refractivity contribution is 6.00. The monoisotopic (exact) mass is 996 g/mol. The average molecular weight is 997 g/mol. The number of ether oxygens (including phenoxy) is 10. The van der Waals surface area contributed by atoms with Gasteiger partial charge in [-0.05, 0) is 74.1 Å². The third-order valence-corrected chi connectivity index (χ3v) is 10.3. The molecular weight excluding hydrogens is 932 g/mol. The SMILES string of the molecule is C=C(C)C(=O)OCCCc1cc(-c2ccc(OCCCCCCCC)c(F)c2)ccc1OCC(COC(=O)/C=C(\CC(=O)OC)C(=O)OC)(COC(=O)/C=C(\CC(=O)OC)C(=O)OC)COC(=O)C(=C)C.